The van der Waals surface area contributed by atoms with Crippen LogP contribution in [-0.4, -0.2) is 35.7 Å². The quantitative estimate of drug-likeness (QED) is 0.0784. The third kappa shape index (κ3) is 9.80. The van der Waals surface area contributed by atoms with Gasteiger partial charge in [0.2, 0.25) is 0 Å². The summed E-state index contributed by atoms with van der Waals surface area (Å²) in [4.78, 5) is 24.7. The summed E-state index contributed by atoms with van der Waals surface area (Å²) in [5, 5.41) is 9.03. The Kier molecular flexibility index (Phi) is 14.3. The Bertz CT molecular complexity index is 1330. The zero-order valence-electron chi connectivity index (χ0n) is 29.4. The fourth-order valence-corrected chi connectivity index (χ4v) is 8.13. The molecule has 49 heavy (non-hydrogen) atoms. The van der Waals surface area contributed by atoms with Crippen molar-refractivity contribution in [3.05, 3.63) is 120 Å². The van der Waals surface area contributed by atoms with Gasteiger partial charge >= 0.3 is 5.97 Å². The zero-order chi connectivity index (χ0) is 34.3. The van der Waals surface area contributed by atoms with Gasteiger partial charge in [0.1, 0.15) is 11.4 Å². The number of aliphatic carboxylic acids is 1. The summed E-state index contributed by atoms with van der Waals surface area (Å²) in [6.07, 6.45) is 17.1. The average Bonchev–Trinajstić information content (AvgIpc) is 3.46. The standard InChI is InChI=1S/C44H56O5/c1-2-3-9-26-37(49-44(34-20-10-6-11-21-34,35-22-12-7-13-23-35)36-24-14-8-15-25-36)30-31-38-39(27-16-4-5-17-29-43(46)47)41(45)33-40(38)42-28-18-19-32-48-42/h6-8,10-15,20-25,30-31,37-40,42H,2-5,9,16-19,26-29,32-33H2,1H3,(H,46,47)/t37?,38-,39-,40-,42?/m1/s1. The van der Waals surface area contributed by atoms with Crippen LogP contribution < -0.4 is 0 Å². The van der Waals surface area contributed by atoms with E-state index >= 15 is 0 Å². The second-order valence-corrected chi connectivity index (χ2v) is 14.1. The first-order valence-corrected chi connectivity index (χ1v) is 18.9. The van der Waals surface area contributed by atoms with Crippen LogP contribution in [0.1, 0.15) is 114 Å². The molecule has 0 radical (unpaired) electrons. The number of rotatable bonds is 19. The molecule has 1 aliphatic carbocycles. The lowest BCUT2D eigenvalue weighted by Gasteiger charge is -2.39. The molecule has 5 nitrogen and oxygen atoms in total. The summed E-state index contributed by atoms with van der Waals surface area (Å²) in [7, 11) is 0. The summed E-state index contributed by atoms with van der Waals surface area (Å²) in [6.45, 7) is 3.01. The topological polar surface area (TPSA) is 72.8 Å². The van der Waals surface area contributed by atoms with Gasteiger partial charge < -0.3 is 14.6 Å². The van der Waals surface area contributed by atoms with Gasteiger partial charge in [0.05, 0.1) is 12.2 Å². The Morgan fingerprint density at radius 2 is 1.47 bits per heavy atom. The van der Waals surface area contributed by atoms with E-state index in [1.165, 1.54) is 0 Å². The fourth-order valence-electron chi connectivity index (χ4n) is 8.13. The minimum absolute atomic E-state index is 0.0373. The third-order valence-electron chi connectivity index (χ3n) is 10.7. The van der Waals surface area contributed by atoms with E-state index in [9.17, 15) is 9.59 Å². The highest BCUT2D eigenvalue weighted by Gasteiger charge is 2.45. The molecule has 3 aromatic rings. The third-order valence-corrected chi connectivity index (χ3v) is 10.7. The Labute approximate surface area is 294 Å². The Morgan fingerprint density at radius 3 is 2.02 bits per heavy atom. The van der Waals surface area contributed by atoms with E-state index in [2.05, 4.69) is 110 Å². The van der Waals surface area contributed by atoms with Crippen molar-refractivity contribution in [2.75, 3.05) is 6.61 Å². The highest BCUT2D eigenvalue weighted by Crippen LogP contribution is 2.45. The summed E-state index contributed by atoms with van der Waals surface area (Å²) >= 11 is 0. The van der Waals surface area contributed by atoms with E-state index < -0.39 is 11.6 Å². The molecule has 1 saturated heterocycles. The van der Waals surface area contributed by atoms with E-state index in [4.69, 9.17) is 14.6 Å². The van der Waals surface area contributed by atoms with Crippen LogP contribution in [0, 0.1) is 17.8 Å². The van der Waals surface area contributed by atoms with Crippen molar-refractivity contribution >= 4 is 11.8 Å². The van der Waals surface area contributed by atoms with E-state index in [-0.39, 0.29) is 36.4 Å². The minimum atomic E-state index is -0.822. The van der Waals surface area contributed by atoms with Gasteiger partial charge in [0, 0.05) is 25.4 Å². The lowest BCUT2D eigenvalue weighted by atomic mass is 9.79. The Hall–Kier alpha value is -3.54. The maximum atomic E-state index is 13.7. The van der Waals surface area contributed by atoms with Crippen molar-refractivity contribution in [2.24, 2.45) is 17.8 Å². The zero-order valence-corrected chi connectivity index (χ0v) is 29.4. The molecule has 0 bridgehead atoms. The van der Waals surface area contributed by atoms with Gasteiger partial charge in [0.15, 0.2) is 0 Å². The smallest absolute Gasteiger partial charge is 0.303 e. The van der Waals surface area contributed by atoms with Crippen molar-refractivity contribution in [1.29, 1.82) is 0 Å². The molecule has 0 amide bonds. The van der Waals surface area contributed by atoms with Gasteiger partial charge in [-0.3, -0.25) is 9.59 Å². The maximum Gasteiger partial charge on any atom is 0.303 e. The van der Waals surface area contributed by atoms with Crippen molar-refractivity contribution in [1.82, 2.24) is 0 Å². The first kappa shape index (κ1) is 36.7. The monoisotopic (exact) mass is 664 g/mol. The van der Waals surface area contributed by atoms with E-state index in [1.807, 2.05) is 0 Å². The van der Waals surface area contributed by atoms with Crippen LogP contribution in [0.25, 0.3) is 0 Å². The number of ether oxygens (including phenoxy) is 2. The predicted molar refractivity (Wildman–Crippen MR) is 196 cm³/mol. The second-order valence-electron chi connectivity index (χ2n) is 14.1. The molecular weight excluding hydrogens is 608 g/mol. The number of carboxylic acid groups (broad SMARTS) is 1. The highest BCUT2D eigenvalue weighted by molar-refractivity contribution is 5.84. The molecule has 2 unspecified atom stereocenters. The first-order valence-electron chi connectivity index (χ1n) is 18.9. The van der Waals surface area contributed by atoms with E-state index in [0.29, 0.717) is 18.6 Å². The Morgan fingerprint density at radius 1 is 0.857 bits per heavy atom. The molecule has 1 N–H and O–H groups in total. The lowest BCUT2D eigenvalue weighted by Crippen LogP contribution is -2.36. The van der Waals surface area contributed by atoms with Crippen molar-refractivity contribution in [3.63, 3.8) is 0 Å². The van der Waals surface area contributed by atoms with Crippen LogP contribution in [0.4, 0.5) is 0 Å². The number of Topliss-reactive ketones (excluding diaryl/α,β-unsaturated/α-hetero) is 1. The summed E-state index contributed by atoms with van der Waals surface area (Å²) < 4.78 is 13.9. The number of benzene rings is 3. The lowest BCUT2D eigenvalue weighted by molar-refractivity contribution is -0.137. The molecule has 1 aliphatic heterocycles. The average molecular weight is 665 g/mol. The van der Waals surface area contributed by atoms with Crippen LogP contribution in [0.3, 0.4) is 0 Å². The van der Waals surface area contributed by atoms with Gasteiger partial charge in [-0.05, 0) is 67.1 Å². The fraction of sp³-hybridized carbons (Fsp3) is 0.500. The van der Waals surface area contributed by atoms with Gasteiger partial charge in [-0.15, -0.1) is 0 Å². The van der Waals surface area contributed by atoms with Crippen molar-refractivity contribution in [3.8, 4) is 0 Å². The Balaban J connectivity index is 1.48. The molecule has 5 rings (SSSR count). The summed E-state index contributed by atoms with van der Waals surface area (Å²) in [6, 6.07) is 31.7. The van der Waals surface area contributed by atoms with Crippen LogP contribution in [0.2, 0.25) is 0 Å². The number of carbonyl (C=O) groups excluding carboxylic acids is 1. The number of ketones is 1. The molecule has 5 atom stereocenters. The number of carboxylic acids is 1. The largest absolute Gasteiger partial charge is 0.481 e. The van der Waals surface area contributed by atoms with E-state index in [0.717, 1.165) is 93.9 Å². The van der Waals surface area contributed by atoms with Gasteiger partial charge in [-0.25, -0.2) is 0 Å². The number of hydrogen-bond donors (Lipinski definition) is 1. The normalized spacial score (nSPS) is 22.0. The van der Waals surface area contributed by atoms with E-state index in [1.54, 1.807) is 0 Å². The molecule has 0 spiro atoms. The molecule has 0 aromatic heterocycles. The molecular formula is C44H56O5. The number of hydrogen-bond acceptors (Lipinski definition) is 4. The van der Waals surface area contributed by atoms with Crippen LogP contribution in [-0.2, 0) is 24.7 Å². The van der Waals surface area contributed by atoms with Crippen LogP contribution in [0.15, 0.2) is 103 Å². The number of unbranched alkanes of at least 4 members (excludes halogenated alkanes) is 5. The predicted octanol–water partition coefficient (Wildman–Crippen LogP) is 10.3. The second kappa shape index (κ2) is 19.0. The molecule has 1 heterocycles. The van der Waals surface area contributed by atoms with Gasteiger partial charge in [-0.1, -0.05) is 149 Å². The maximum absolute atomic E-state index is 13.7. The molecule has 2 fully saturated rings. The minimum Gasteiger partial charge on any atom is -0.481 e. The molecule has 2 aliphatic rings. The molecule has 1 saturated carbocycles. The van der Waals surface area contributed by atoms with Crippen LogP contribution >= 0.6 is 0 Å². The molecule has 262 valence electrons. The summed E-state index contributed by atoms with van der Waals surface area (Å²) in [5.41, 5.74) is 2.45. The number of allylic oxidation sites excluding steroid dienone is 1. The number of carbonyl (C=O) groups is 2. The molecule has 3 aromatic carbocycles. The van der Waals surface area contributed by atoms with Gasteiger partial charge in [-0.2, -0.15) is 0 Å². The molecule has 5 heteroatoms. The van der Waals surface area contributed by atoms with Crippen molar-refractivity contribution < 1.29 is 24.2 Å². The summed E-state index contributed by atoms with van der Waals surface area (Å²) in [5.74, 6) is -0.136. The SMILES string of the molecule is CCCCCC(C=C[C@@H]1[C@@H](CCCCCCC(=O)O)C(=O)C[C@H]1C1CCCCO1)OC(c1ccccc1)(c1ccccc1)c1ccccc1. The van der Waals surface area contributed by atoms with Crippen LogP contribution in [0.5, 0.6) is 0 Å². The van der Waals surface area contributed by atoms with Gasteiger partial charge in [0.25, 0.3) is 0 Å². The highest BCUT2D eigenvalue weighted by atomic mass is 16.5. The van der Waals surface area contributed by atoms with Crippen molar-refractivity contribution in [2.45, 2.75) is 115 Å². The first-order chi connectivity index (χ1) is 24.0.